The number of hydrogen-bond acceptors (Lipinski definition) is 2. The number of rotatable bonds is 6. The first-order chi connectivity index (χ1) is 9.99. The Bertz CT molecular complexity index is 480. The van der Waals surface area contributed by atoms with Crippen molar-refractivity contribution in [2.24, 2.45) is 5.92 Å². The average molecular weight is 308 g/mol. The van der Waals surface area contributed by atoms with Crippen LogP contribution in [0.3, 0.4) is 0 Å². The lowest BCUT2D eigenvalue weighted by Gasteiger charge is -2.35. The first-order valence-electron chi connectivity index (χ1n) is 8.04. The van der Waals surface area contributed by atoms with Crippen LogP contribution in [0.2, 0.25) is 5.02 Å². The molecule has 0 radical (unpaired) electrons. The Morgan fingerprint density at radius 1 is 1.29 bits per heavy atom. The summed E-state index contributed by atoms with van der Waals surface area (Å²) in [4.78, 5) is 15.2. The van der Waals surface area contributed by atoms with E-state index in [0.29, 0.717) is 17.0 Å². The lowest BCUT2D eigenvalue weighted by Crippen LogP contribution is -2.46. The standard InChI is InChI=1S/C18H26ClNO/c1-13(2)12-20(17-9-4-5-10-17)14(3)18(21)15-7-6-8-16(19)11-15/h6-8,11,13-14,17H,4-5,9-10,12H2,1-3H3. The molecular formula is C18H26ClNO. The van der Waals surface area contributed by atoms with Gasteiger partial charge < -0.3 is 0 Å². The van der Waals surface area contributed by atoms with E-state index in [4.69, 9.17) is 11.6 Å². The Morgan fingerprint density at radius 2 is 1.95 bits per heavy atom. The summed E-state index contributed by atoms with van der Waals surface area (Å²) >= 11 is 6.02. The maximum Gasteiger partial charge on any atom is 0.179 e. The number of ketones is 1. The number of carbonyl (C=O) groups excluding carboxylic acids is 1. The summed E-state index contributed by atoms with van der Waals surface area (Å²) in [6, 6.07) is 7.80. The number of nitrogens with zero attached hydrogens (tertiary/aromatic N) is 1. The molecule has 0 N–H and O–H groups in total. The Morgan fingerprint density at radius 3 is 2.52 bits per heavy atom. The molecule has 0 spiro atoms. The molecule has 1 atom stereocenters. The summed E-state index contributed by atoms with van der Waals surface area (Å²) in [5.41, 5.74) is 0.724. The second kappa shape index (κ2) is 7.42. The van der Waals surface area contributed by atoms with Gasteiger partial charge in [0.25, 0.3) is 0 Å². The fraction of sp³-hybridized carbons (Fsp3) is 0.611. The summed E-state index contributed by atoms with van der Waals surface area (Å²) < 4.78 is 0. The van der Waals surface area contributed by atoms with E-state index in [1.807, 2.05) is 25.1 Å². The van der Waals surface area contributed by atoms with Gasteiger partial charge in [0.1, 0.15) is 0 Å². The summed E-state index contributed by atoms with van der Waals surface area (Å²) in [5.74, 6) is 0.755. The van der Waals surface area contributed by atoms with Crippen LogP contribution in [0.4, 0.5) is 0 Å². The van der Waals surface area contributed by atoms with E-state index in [0.717, 1.165) is 12.1 Å². The lowest BCUT2D eigenvalue weighted by molar-refractivity contribution is 0.0731. The Balaban J connectivity index is 2.16. The van der Waals surface area contributed by atoms with E-state index in [9.17, 15) is 4.79 Å². The van der Waals surface area contributed by atoms with Crippen molar-refractivity contribution < 1.29 is 4.79 Å². The number of carbonyl (C=O) groups is 1. The van der Waals surface area contributed by atoms with Crippen molar-refractivity contribution in [1.82, 2.24) is 4.90 Å². The molecule has 0 aromatic heterocycles. The van der Waals surface area contributed by atoms with Gasteiger partial charge >= 0.3 is 0 Å². The quantitative estimate of drug-likeness (QED) is 0.703. The van der Waals surface area contributed by atoms with E-state index in [1.54, 1.807) is 6.07 Å². The zero-order valence-corrected chi connectivity index (χ0v) is 14.1. The van der Waals surface area contributed by atoms with Gasteiger partial charge in [-0.15, -0.1) is 0 Å². The van der Waals surface area contributed by atoms with Crippen molar-refractivity contribution in [3.8, 4) is 0 Å². The van der Waals surface area contributed by atoms with E-state index < -0.39 is 0 Å². The predicted octanol–water partition coefficient (Wildman–Crippen LogP) is 4.81. The van der Waals surface area contributed by atoms with Gasteiger partial charge in [0.2, 0.25) is 0 Å². The molecule has 116 valence electrons. The SMILES string of the molecule is CC(C)CN(C1CCCC1)C(C)C(=O)c1cccc(Cl)c1. The summed E-state index contributed by atoms with van der Waals surface area (Å²) in [6.45, 7) is 7.47. The van der Waals surface area contributed by atoms with Crippen LogP contribution in [0, 0.1) is 5.92 Å². The van der Waals surface area contributed by atoms with E-state index in [2.05, 4.69) is 18.7 Å². The molecule has 1 unspecified atom stereocenters. The highest BCUT2D eigenvalue weighted by Crippen LogP contribution is 2.27. The first kappa shape index (κ1) is 16.5. The van der Waals surface area contributed by atoms with Crippen molar-refractivity contribution in [3.05, 3.63) is 34.9 Å². The normalized spacial score (nSPS) is 17.6. The Hall–Kier alpha value is -0.860. The van der Waals surface area contributed by atoms with E-state index in [1.165, 1.54) is 25.7 Å². The molecule has 1 fully saturated rings. The van der Waals surface area contributed by atoms with Gasteiger partial charge in [-0.1, -0.05) is 50.4 Å². The van der Waals surface area contributed by atoms with Crippen LogP contribution in [-0.4, -0.2) is 29.3 Å². The topological polar surface area (TPSA) is 20.3 Å². The van der Waals surface area contributed by atoms with Crippen molar-refractivity contribution >= 4 is 17.4 Å². The Labute approximate surface area is 133 Å². The highest BCUT2D eigenvalue weighted by molar-refractivity contribution is 6.31. The van der Waals surface area contributed by atoms with Crippen LogP contribution in [0.25, 0.3) is 0 Å². The third-order valence-electron chi connectivity index (χ3n) is 4.36. The lowest BCUT2D eigenvalue weighted by atomic mass is 10.0. The van der Waals surface area contributed by atoms with Crippen LogP contribution >= 0.6 is 11.6 Å². The molecule has 0 amide bonds. The highest BCUT2D eigenvalue weighted by atomic mass is 35.5. The fourth-order valence-electron chi connectivity index (χ4n) is 3.31. The van der Waals surface area contributed by atoms with Gasteiger partial charge in [-0.05, 0) is 37.8 Å². The van der Waals surface area contributed by atoms with Crippen LogP contribution in [0.15, 0.2) is 24.3 Å². The minimum atomic E-state index is -0.0750. The third-order valence-corrected chi connectivity index (χ3v) is 4.59. The molecule has 1 saturated carbocycles. The molecule has 1 aromatic carbocycles. The van der Waals surface area contributed by atoms with Crippen molar-refractivity contribution in [2.45, 2.75) is 58.5 Å². The van der Waals surface area contributed by atoms with Gasteiger partial charge in [-0.25, -0.2) is 0 Å². The number of halogens is 1. The highest BCUT2D eigenvalue weighted by Gasteiger charge is 2.30. The third kappa shape index (κ3) is 4.31. The summed E-state index contributed by atoms with van der Waals surface area (Å²) in [6.07, 6.45) is 5.02. The van der Waals surface area contributed by atoms with Crippen LogP contribution in [0.1, 0.15) is 56.8 Å². The maximum absolute atomic E-state index is 12.8. The monoisotopic (exact) mass is 307 g/mol. The van der Waals surface area contributed by atoms with Gasteiger partial charge in [-0.3, -0.25) is 9.69 Å². The minimum Gasteiger partial charge on any atom is -0.292 e. The van der Waals surface area contributed by atoms with Gasteiger partial charge in [0.05, 0.1) is 6.04 Å². The maximum atomic E-state index is 12.8. The molecule has 0 saturated heterocycles. The molecule has 2 rings (SSSR count). The second-order valence-corrected chi connectivity index (χ2v) is 7.02. The zero-order chi connectivity index (χ0) is 15.4. The van der Waals surface area contributed by atoms with Crippen molar-refractivity contribution in [1.29, 1.82) is 0 Å². The molecule has 2 nitrogen and oxygen atoms in total. The first-order valence-corrected chi connectivity index (χ1v) is 8.42. The fourth-order valence-corrected chi connectivity index (χ4v) is 3.50. The number of benzene rings is 1. The number of hydrogen-bond donors (Lipinski definition) is 0. The summed E-state index contributed by atoms with van der Waals surface area (Å²) in [5, 5.41) is 0.629. The van der Waals surface area contributed by atoms with Gasteiger partial charge in [-0.2, -0.15) is 0 Å². The van der Waals surface area contributed by atoms with Crippen molar-refractivity contribution in [3.63, 3.8) is 0 Å². The molecular weight excluding hydrogens is 282 g/mol. The molecule has 0 aliphatic heterocycles. The summed E-state index contributed by atoms with van der Waals surface area (Å²) in [7, 11) is 0. The molecule has 0 bridgehead atoms. The Kier molecular flexibility index (Phi) is 5.83. The largest absolute Gasteiger partial charge is 0.292 e. The van der Waals surface area contributed by atoms with Gasteiger partial charge in [0.15, 0.2) is 5.78 Å². The molecule has 21 heavy (non-hydrogen) atoms. The van der Waals surface area contributed by atoms with Crippen LogP contribution in [0.5, 0.6) is 0 Å². The molecule has 1 aromatic rings. The molecule has 1 aliphatic rings. The van der Waals surface area contributed by atoms with Gasteiger partial charge in [0, 0.05) is 23.2 Å². The number of Topliss-reactive ketones (excluding diaryl/α,β-unsaturated/α-hetero) is 1. The van der Waals surface area contributed by atoms with Crippen LogP contribution < -0.4 is 0 Å². The smallest absolute Gasteiger partial charge is 0.179 e. The van der Waals surface area contributed by atoms with E-state index in [-0.39, 0.29) is 11.8 Å². The predicted molar refractivity (Wildman–Crippen MR) is 89.0 cm³/mol. The van der Waals surface area contributed by atoms with Crippen molar-refractivity contribution in [2.75, 3.05) is 6.54 Å². The second-order valence-electron chi connectivity index (χ2n) is 6.58. The average Bonchev–Trinajstić information content (AvgIpc) is 2.97. The van der Waals surface area contributed by atoms with E-state index >= 15 is 0 Å². The zero-order valence-electron chi connectivity index (χ0n) is 13.3. The molecule has 1 aliphatic carbocycles. The molecule has 3 heteroatoms. The minimum absolute atomic E-state index is 0.0750. The van der Waals surface area contributed by atoms with Crippen LogP contribution in [-0.2, 0) is 0 Å². The molecule has 0 heterocycles.